The molecule has 18 heavy (non-hydrogen) atoms. The lowest BCUT2D eigenvalue weighted by atomic mass is 9.83. The van der Waals surface area contributed by atoms with Crippen LogP contribution in [0.4, 0.5) is 0 Å². The highest BCUT2D eigenvalue weighted by Gasteiger charge is 2.25. The van der Waals surface area contributed by atoms with Crippen LogP contribution in [-0.4, -0.2) is 24.2 Å². The van der Waals surface area contributed by atoms with E-state index in [0.29, 0.717) is 12.1 Å². The molecule has 1 rings (SSSR count). The second-order valence-electron chi connectivity index (χ2n) is 4.56. The van der Waals surface area contributed by atoms with E-state index in [4.69, 9.17) is 0 Å². The number of carbonyl (C=O) groups is 1. The topological polar surface area (TPSA) is 49.3 Å². The van der Waals surface area contributed by atoms with E-state index in [9.17, 15) is 9.90 Å². The van der Waals surface area contributed by atoms with E-state index >= 15 is 0 Å². The summed E-state index contributed by atoms with van der Waals surface area (Å²) >= 11 is 2.19. The third-order valence-corrected chi connectivity index (χ3v) is 4.22. The number of nitrogens with one attached hydrogen (secondary N) is 1. The zero-order chi connectivity index (χ0) is 13.6. The number of hydrogen-bond acceptors (Lipinski definition) is 2. The molecule has 0 heterocycles. The third kappa shape index (κ3) is 3.95. The second kappa shape index (κ2) is 7.09. The Kier molecular flexibility index (Phi) is 6.08. The van der Waals surface area contributed by atoms with Gasteiger partial charge in [0.25, 0.3) is 5.91 Å². The zero-order valence-corrected chi connectivity index (χ0v) is 13.0. The molecule has 0 saturated heterocycles. The van der Waals surface area contributed by atoms with Crippen LogP contribution in [0.3, 0.4) is 0 Å². The third-order valence-electron chi connectivity index (χ3n) is 3.55. The number of amides is 1. The Hall–Kier alpha value is -0.620. The van der Waals surface area contributed by atoms with Crippen molar-refractivity contribution >= 4 is 28.5 Å². The van der Waals surface area contributed by atoms with E-state index in [-0.39, 0.29) is 17.9 Å². The van der Waals surface area contributed by atoms with Crippen LogP contribution in [0.5, 0.6) is 0 Å². The second-order valence-corrected chi connectivity index (χ2v) is 5.80. The molecule has 4 heteroatoms. The van der Waals surface area contributed by atoms with Crippen molar-refractivity contribution in [3.8, 4) is 0 Å². The first-order valence-electron chi connectivity index (χ1n) is 6.21. The maximum atomic E-state index is 12.0. The molecule has 0 aliphatic carbocycles. The molecule has 0 spiro atoms. The summed E-state index contributed by atoms with van der Waals surface area (Å²) in [7, 11) is 0. The molecule has 1 amide bonds. The standard InChI is InChI=1S/C14H20INO2/c1-3-14(4-2,10-17)9-16-13(18)11-6-5-7-12(15)8-11/h5-8,17H,3-4,9-10H2,1-2H3,(H,16,18). The van der Waals surface area contributed by atoms with Gasteiger partial charge in [-0.25, -0.2) is 0 Å². The normalized spacial score (nSPS) is 11.3. The molecular formula is C14H20INO2. The van der Waals surface area contributed by atoms with Gasteiger partial charge in [-0.05, 0) is 53.6 Å². The number of rotatable bonds is 6. The summed E-state index contributed by atoms with van der Waals surface area (Å²) in [6.45, 7) is 4.70. The molecule has 0 atom stereocenters. The molecular weight excluding hydrogens is 341 g/mol. The van der Waals surface area contributed by atoms with Crippen molar-refractivity contribution in [3.05, 3.63) is 33.4 Å². The van der Waals surface area contributed by atoms with E-state index in [0.717, 1.165) is 16.4 Å². The lowest BCUT2D eigenvalue weighted by Crippen LogP contribution is -2.39. The predicted octanol–water partition coefficient (Wildman–Crippen LogP) is 2.82. The van der Waals surface area contributed by atoms with Crippen LogP contribution in [0, 0.1) is 8.99 Å². The van der Waals surface area contributed by atoms with Crippen LogP contribution in [0.1, 0.15) is 37.0 Å². The first-order valence-corrected chi connectivity index (χ1v) is 7.29. The molecule has 0 aliphatic heterocycles. The van der Waals surface area contributed by atoms with Crippen molar-refractivity contribution in [2.75, 3.05) is 13.2 Å². The van der Waals surface area contributed by atoms with E-state index < -0.39 is 0 Å². The fourth-order valence-electron chi connectivity index (χ4n) is 1.78. The molecule has 0 aromatic heterocycles. The fraction of sp³-hybridized carbons (Fsp3) is 0.500. The van der Waals surface area contributed by atoms with Crippen LogP contribution in [0.25, 0.3) is 0 Å². The molecule has 100 valence electrons. The average Bonchev–Trinajstić information content (AvgIpc) is 2.40. The van der Waals surface area contributed by atoms with E-state index in [2.05, 4.69) is 27.9 Å². The summed E-state index contributed by atoms with van der Waals surface area (Å²) in [6, 6.07) is 7.48. The van der Waals surface area contributed by atoms with E-state index in [1.165, 1.54) is 0 Å². The van der Waals surface area contributed by atoms with Crippen molar-refractivity contribution in [2.45, 2.75) is 26.7 Å². The maximum Gasteiger partial charge on any atom is 0.251 e. The molecule has 0 radical (unpaired) electrons. The summed E-state index contributed by atoms with van der Waals surface area (Å²) in [5, 5.41) is 12.4. The van der Waals surface area contributed by atoms with Gasteiger partial charge >= 0.3 is 0 Å². The van der Waals surface area contributed by atoms with Gasteiger partial charge in [-0.3, -0.25) is 4.79 Å². The number of aliphatic hydroxyl groups is 1. The highest BCUT2D eigenvalue weighted by atomic mass is 127. The first-order chi connectivity index (χ1) is 8.56. The van der Waals surface area contributed by atoms with Crippen molar-refractivity contribution < 1.29 is 9.90 Å². The van der Waals surface area contributed by atoms with Crippen LogP contribution in [0.2, 0.25) is 0 Å². The maximum absolute atomic E-state index is 12.0. The highest BCUT2D eigenvalue weighted by molar-refractivity contribution is 14.1. The molecule has 0 aliphatic rings. The van der Waals surface area contributed by atoms with Gasteiger partial charge in [0, 0.05) is 21.1 Å². The van der Waals surface area contributed by atoms with Gasteiger partial charge in [-0.15, -0.1) is 0 Å². The monoisotopic (exact) mass is 361 g/mol. The van der Waals surface area contributed by atoms with Gasteiger partial charge in [-0.1, -0.05) is 19.9 Å². The Bertz CT molecular complexity index is 394. The first kappa shape index (κ1) is 15.4. The van der Waals surface area contributed by atoms with Gasteiger partial charge < -0.3 is 10.4 Å². The molecule has 1 aromatic carbocycles. The molecule has 1 aromatic rings. The number of carbonyl (C=O) groups excluding carboxylic acids is 1. The molecule has 0 saturated carbocycles. The molecule has 0 unspecified atom stereocenters. The lowest BCUT2D eigenvalue weighted by molar-refractivity contribution is 0.0851. The number of halogens is 1. The zero-order valence-electron chi connectivity index (χ0n) is 10.9. The smallest absolute Gasteiger partial charge is 0.251 e. The van der Waals surface area contributed by atoms with Gasteiger partial charge in [0.2, 0.25) is 0 Å². The van der Waals surface area contributed by atoms with Gasteiger partial charge in [0.15, 0.2) is 0 Å². The fourth-order valence-corrected chi connectivity index (χ4v) is 2.32. The Labute approximate surface area is 122 Å². The SMILES string of the molecule is CCC(CC)(CO)CNC(=O)c1cccc(I)c1. The number of benzene rings is 1. The van der Waals surface area contributed by atoms with Crippen LogP contribution < -0.4 is 5.32 Å². The van der Waals surface area contributed by atoms with Gasteiger partial charge in [-0.2, -0.15) is 0 Å². The van der Waals surface area contributed by atoms with Crippen molar-refractivity contribution in [1.29, 1.82) is 0 Å². The Morgan fingerprint density at radius 3 is 2.56 bits per heavy atom. The average molecular weight is 361 g/mol. The quantitative estimate of drug-likeness (QED) is 0.766. The van der Waals surface area contributed by atoms with Gasteiger partial charge in [0.05, 0.1) is 6.61 Å². The summed E-state index contributed by atoms with van der Waals surface area (Å²) in [5.74, 6) is -0.0757. The summed E-state index contributed by atoms with van der Waals surface area (Å²) in [4.78, 5) is 12.0. The van der Waals surface area contributed by atoms with Crippen LogP contribution >= 0.6 is 22.6 Å². The van der Waals surface area contributed by atoms with Crippen LogP contribution in [0.15, 0.2) is 24.3 Å². The minimum atomic E-state index is -0.197. The highest BCUT2D eigenvalue weighted by Crippen LogP contribution is 2.24. The summed E-state index contributed by atoms with van der Waals surface area (Å²) in [6.07, 6.45) is 1.71. The van der Waals surface area contributed by atoms with Crippen molar-refractivity contribution in [1.82, 2.24) is 5.32 Å². The number of hydrogen-bond donors (Lipinski definition) is 2. The number of aliphatic hydroxyl groups excluding tert-OH is 1. The summed E-state index contributed by atoms with van der Waals surface area (Å²) < 4.78 is 1.04. The molecule has 0 bridgehead atoms. The largest absolute Gasteiger partial charge is 0.396 e. The van der Waals surface area contributed by atoms with E-state index in [1.54, 1.807) is 6.07 Å². The lowest BCUT2D eigenvalue weighted by Gasteiger charge is -2.29. The Morgan fingerprint density at radius 2 is 2.06 bits per heavy atom. The Balaban J connectivity index is 2.66. The molecule has 2 N–H and O–H groups in total. The van der Waals surface area contributed by atoms with Crippen molar-refractivity contribution in [2.24, 2.45) is 5.41 Å². The van der Waals surface area contributed by atoms with Gasteiger partial charge in [0.1, 0.15) is 0 Å². The molecule has 3 nitrogen and oxygen atoms in total. The molecule has 0 fully saturated rings. The summed E-state index contributed by atoms with van der Waals surface area (Å²) in [5.41, 5.74) is 0.471. The van der Waals surface area contributed by atoms with E-state index in [1.807, 2.05) is 32.0 Å². The van der Waals surface area contributed by atoms with Crippen molar-refractivity contribution in [3.63, 3.8) is 0 Å². The minimum absolute atomic E-state index is 0.0757. The predicted molar refractivity (Wildman–Crippen MR) is 81.6 cm³/mol. The minimum Gasteiger partial charge on any atom is -0.396 e. The Morgan fingerprint density at radius 1 is 1.39 bits per heavy atom. The van der Waals surface area contributed by atoms with Crippen LogP contribution in [-0.2, 0) is 0 Å².